The summed E-state index contributed by atoms with van der Waals surface area (Å²) in [6, 6.07) is 9.22. The Bertz CT molecular complexity index is 647. The highest BCUT2D eigenvalue weighted by Crippen LogP contribution is 2.20. The molecule has 0 aliphatic rings. The van der Waals surface area contributed by atoms with Crippen LogP contribution >= 0.6 is 54.5 Å². The van der Waals surface area contributed by atoms with Gasteiger partial charge in [-0.05, 0) is 75.8 Å². The Morgan fingerprint density at radius 3 is 2.68 bits per heavy atom. The molecule has 19 heavy (non-hydrogen) atoms. The average molecular weight is 496 g/mol. The summed E-state index contributed by atoms with van der Waals surface area (Å²) in [6.45, 7) is 1.88. The molecule has 3 nitrogen and oxygen atoms in total. The maximum absolute atomic E-state index is 12.2. The minimum atomic E-state index is -0.167. The number of anilines is 1. The summed E-state index contributed by atoms with van der Waals surface area (Å²) < 4.78 is 2.69. The molecule has 1 aromatic heterocycles. The van der Waals surface area contributed by atoms with Crippen LogP contribution in [-0.2, 0) is 0 Å². The molecular weight excluding hydrogens is 487 g/mol. The van der Waals surface area contributed by atoms with Gasteiger partial charge in [-0.15, -0.1) is 0 Å². The van der Waals surface area contributed by atoms with E-state index in [9.17, 15) is 4.79 Å². The summed E-state index contributed by atoms with van der Waals surface area (Å²) in [7, 11) is 0. The van der Waals surface area contributed by atoms with Crippen LogP contribution in [0.3, 0.4) is 0 Å². The van der Waals surface area contributed by atoms with Crippen molar-refractivity contribution in [3.63, 3.8) is 0 Å². The molecule has 1 N–H and O–H groups in total. The number of halogens is 3. The molecule has 0 fully saturated rings. The van der Waals surface area contributed by atoms with Crippen molar-refractivity contribution < 1.29 is 4.79 Å². The van der Waals surface area contributed by atoms with Crippen LogP contribution in [0.4, 0.5) is 5.82 Å². The highest BCUT2D eigenvalue weighted by molar-refractivity contribution is 14.1. The molecule has 98 valence electrons. The molecule has 0 aliphatic carbocycles. The first-order valence-electron chi connectivity index (χ1n) is 5.37. The van der Waals surface area contributed by atoms with E-state index < -0.39 is 0 Å². The Morgan fingerprint density at radius 1 is 1.26 bits per heavy atom. The fourth-order valence-corrected chi connectivity index (χ4v) is 2.63. The van der Waals surface area contributed by atoms with Gasteiger partial charge in [-0.1, -0.05) is 15.9 Å². The van der Waals surface area contributed by atoms with E-state index in [0.717, 1.165) is 18.2 Å². The minimum Gasteiger partial charge on any atom is -0.307 e. The first-order valence-corrected chi connectivity index (χ1v) is 8.03. The number of rotatable bonds is 2. The van der Waals surface area contributed by atoms with E-state index in [1.54, 1.807) is 12.1 Å². The minimum absolute atomic E-state index is 0.167. The van der Waals surface area contributed by atoms with E-state index in [-0.39, 0.29) is 5.91 Å². The molecule has 0 saturated carbocycles. The molecule has 0 radical (unpaired) electrons. The van der Waals surface area contributed by atoms with Gasteiger partial charge in [0, 0.05) is 12.5 Å². The summed E-state index contributed by atoms with van der Waals surface area (Å²) in [5.41, 5.74) is 1.46. The lowest BCUT2D eigenvalue weighted by Gasteiger charge is -2.08. The highest BCUT2D eigenvalue weighted by atomic mass is 127. The van der Waals surface area contributed by atoms with Crippen molar-refractivity contribution in [2.24, 2.45) is 0 Å². The van der Waals surface area contributed by atoms with Crippen LogP contribution < -0.4 is 5.32 Å². The van der Waals surface area contributed by atoms with Gasteiger partial charge in [0.2, 0.25) is 0 Å². The van der Waals surface area contributed by atoms with Crippen molar-refractivity contribution in [2.75, 3.05) is 5.32 Å². The van der Waals surface area contributed by atoms with Crippen LogP contribution in [0.5, 0.6) is 0 Å². The second-order valence-electron chi connectivity index (χ2n) is 3.84. The monoisotopic (exact) mass is 494 g/mol. The van der Waals surface area contributed by atoms with Gasteiger partial charge in [-0.25, -0.2) is 4.98 Å². The summed E-state index contributed by atoms with van der Waals surface area (Å²) in [6.07, 6.45) is 0. The Labute approximate surface area is 141 Å². The zero-order valence-corrected chi connectivity index (χ0v) is 15.2. The van der Waals surface area contributed by atoms with E-state index in [0.29, 0.717) is 11.4 Å². The summed E-state index contributed by atoms with van der Waals surface area (Å²) >= 11 is 8.88. The van der Waals surface area contributed by atoms with Gasteiger partial charge in [-0.2, -0.15) is 0 Å². The maximum Gasteiger partial charge on any atom is 0.257 e. The summed E-state index contributed by atoms with van der Waals surface area (Å²) in [4.78, 5) is 16.5. The van der Waals surface area contributed by atoms with Gasteiger partial charge < -0.3 is 5.32 Å². The third-order valence-corrected chi connectivity index (χ3v) is 4.71. The van der Waals surface area contributed by atoms with E-state index in [1.165, 1.54) is 0 Å². The van der Waals surface area contributed by atoms with Gasteiger partial charge in [0.25, 0.3) is 5.91 Å². The highest BCUT2D eigenvalue weighted by Gasteiger charge is 2.11. The van der Waals surface area contributed by atoms with Crippen molar-refractivity contribution >= 4 is 66.2 Å². The third kappa shape index (κ3) is 3.76. The smallest absolute Gasteiger partial charge is 0.257 e. The molecular formula is C13H9Br2IN2O. The summed E-state index contributed by atoms with van der Waals surface area (Å²) in [5, 5.41) is 2.80. The maximum atomic E-state index is 12.2. The van der Waals surface area contributed by atoms with Gasteiger partial charge in [0.15, 0.2) is 0 Å². The Hall–Kier alpha value is -0.470. The van der Waals surface area contributed by atoms with Crippen molar-refractivity contribution in [3.05, 3.63) is 54.1 Å². The van der Waals surface area contributed by atoms with Crippen LogP contribution in [0.25, 0.3) is 0 Å². The fourth-order valence-electron chi connectivity index (χ4n) is 1.47. The molecule has 1 aromatic carbocycles. The zero-order valence-electron chi connectivity index (χ0n) is 9.88. The first-order chi connectivity index (χ1) is 8.97. The molecule has 0 spiro atoms. The van der Waals surface area contributed by atoms with Crippen molar-refractivity contribution in [3.8, 4) is 0 Å². The number of carbonyl (C=O) groups is 1. The molecule has 1 amide bonds. The zero-order chi connectivity index (χ0) is 14.0. The van der Waals surface area contributed by atoms with Gasteiger partial charge in [0.05, 0.1) is 11.3 Å². The van der Waals surface area contributed by atoms with Crippen molar-refractivity contribution in [1.82, 2.24) is 4.98 Å². The lowest BCUT2D eigenvalue weighted by molar-refractivity contribution is 0.102. The predicted octanol–water partition coefficient (Wildman–Crippen LogP) is 4.77. The molecule has 0 atom stereocenters. The van der Waals surface area contributed by atoms with Crippen LogP contribution in [0.15, 0.2) is 39.3 Å². The quantitative estimate of drug-likeness (QED) is 0.610. The lowest BCUT2D eigenvalue weighted by Crippen LogP contribution is -2.14. The number of pyridine rings is 1. The standard InChI is InChI=1S/C13H9Br2IN2O/c1-7-10(15)3-5-12(17-7)18-13(19)9-6-8(14)2-4-11(9)16/h2-6H,1H3,(H,17,18,19). The second-order valence-corrected chi connectivity index (χ2v) is 6.77. The number of benzene rings is 1. The van der Waals surface area contributed by atoms with E-state index in [2.05, 4.69) is 64.8 Å². The molecule has 2 aromatic rings. The van der Waals surface area contributed by atoms with Crippen molar-refractivity contribution in [1.29, 1.82) is 0 Å². The SMILES string of the molecule is Cc1nc(NC(=O)c2cc(Br)ccc2I)ccc1Br. The lowest BCUT2D eigenvalue weighted by atomic mass is 10.2. The van der Waals surface area contributed by atoms with Gasteiger partial charge in [0.1, 0.15) is 5.82 Å². The number of hydrogen-bond donors (Lipinski definition) is 1. The van der Waals surface area contributed by atoms with Gasteiger partial charge >= 0.3 is 0 Å². The number of aryl methyl sites for hydroxylation is 1. The largest absolute Gasteiger partial charge is 0.307 e. The Balaban J connectivity index is 2.25. The molecule has 0 unspecified atom stereocenters. The van der Waals surface area contributed by atoms with Crippen LogP contribution in [0, 0.1) is 10.5 Å². The Morgan fingerprint density at radius 2 is 2.00 bits per heavy atom. The van der Waals surface area contributed by atoms with Crippen LogP contribution in [0.1, 0.15) is 16.1 Å². The fraction of sp³-hybridized carbons (Fsp3) is 0.0769. The molecule has 0 aliphatic heterocycles. The number of carbonyl (C=O) groups excluding carboxylic acids is 1. The average Bonchev–Trinajstić information content (AvgIpc) is 2.36. The normalized spacial score (nSPS) is 10.3. The van der Waals surface area contributed by atoms with Gasteiger partial charge in [-0.3, -0.25) is 4.79 Å². The molecule has 6 heteroatoms. The predicted molar refractivity (Wildman–Crippen MR) is 91.5 cm³/mol. The number of nitrogens with zero attached hydrogens (tertiary/aromatic N) is 1. The number of aromatic nitrogens is 1. The van der Waals surface area contributed by atoms with Crippen LogP contribution in [0.2, 0.25) is 0 Å². The topological polar surface area (TPSA) is 42.0 Å². The van der Waals surface area contributed by atoms with E-state index in [1.807, 2.05) is 25.1 Å². The molecule has 0 bridgehead atoms. The number of amides is 1. The molecule has 0 saturated heterocycles. The first kappa shape index (κ1) is 14.9. The van der Waals surface area contributed by atoms with E-state index >= 15 is 0 Å². The molecule has 2 rings (SSSR count). The molecule has 1 heterocycles. The Kier molecular flexibility index (Phi) is 4.97. The number of hydrogen-bond acceptors (Lipinski definition) is 2. The van der Waals surface area contributed by atoms with E-state index in [4.69, 9.17) is 0 Å². The van der Waals surface area contributed by atoms with Crippen molar-refractivity contribution in [2.45, 2.75) is 6.92 Å². The third-order valence-electron chi connectivity index (χ3n) is 2.44. The second kappa shape index (κ2) is 6.32. The summed E-state index contributed by atoms with van der Waals surface area (Å²) in [5.74, 6) is 0.376. The van der Waals surface area contributed by atoms with Crippen LogP contribution in [-0.4, -0.2) is 10.9 Å². The number of nitrogens with one attached hydrogen (secondary N) is 1.